The zero-order chi connectivity index (χ0) is 45.1. The van der Waals surface area contributed by atoms with Gasteiger partial charge in [0.05, 0.1) is 25.4 Å². The Morgan fingerprint density at radius 2 is 0.903 bits per heavy atom. The Balaban J connectivity index is 2.28. The minimum absolute atomic E-state index is 0.179. The molecule has 1 aliphatic rings. The van der Waals surface area contributed by atoms with Gasteiger partial charge in [-0.1, -0.05) is 224 Å². The molecule has 1 saturated heterocycles. The number of amides is 1. The molecule has 0 aliphatic carbocycles. The van der Waals surface area contributed by atoms with Crippen molar-refractivity contribution in [3.8, 4) is 0 Å². The fraction of sp³-hybridized carbons (Fsp3) is 0.906. The van der Waals surface area contributed by atoms with Crippen LogP contribution in [0.25, 0.3) is 0 Å². The van der Waals surface area contributed by atoms with Gasteiger partial charge >= 0.3 is 0 Å². The summed E-state index contributed by atoms with van der Waals surface area (Å²) in [5, 5.41) is 54.4. The summed E-state index contributed by atoms with van der Waals surface area (Å²) in [5.74, 6) is -0.179. The maximum Gasteiger partial charge on any atom is 0.220 e. The van der Waals surface area contributed by atoms with E-state index in [0.29, 0.717) is 6.42 Å². The third-order valence-corrected chi connectivity index (χ3v) is 12.8. The topological polar surface area (TPSA) is 149 Å². The van der Waals surface area contributed by atoms with Gasteiger partial charge in [0.15, 0.2) is 6.29 Å². The zero-order valence-electron chi connectivity index (χ0n) is 40.4. The summed E-state index contributed by atoms with van der Waals surface area (Å²) < 4.78 is 11.2. The molecule has 0 aromatic heterocycles. The summed E-state index contributed by atoms with van der Waals surface area (Å²) in [6.45, 7) is 3.80. The van der Waals surface area contributed by atoms with Crippen LogP contribution in [0.15, 0.2) is 24.3 Å². The Morgan fingerprint density at radius 3 is 1.31 bits per heavy atom. The summed E-state index contributed by atoms with van der Waals surface area (Å²) in [4.78, 5) is 13.0. The van der Waals surface area contributed by atoms with Crippen LogP contribution in [-0.2, 0) is 14.3 Å². The normalized spacial score (nSPS) is 20.4. The van der Waals surface area contributed by atoms with Crippen molar-refractivity contribution in [2.45, 2.75) is 294 Å². The van der Waals surface area contributed by atoms with Crippen molar-refractivity contribution < 1.29 is 39.8 Å². The molecule has 62 heavy (non-hydrogen) atoms. The van der Waals surface area contributed by atoms with Crippen LogP contribution in [0, 0.1) is 0 Å². The van der Waals surface area contributed by atoms with Gasteiger partial charge in [-0.05, 0) is 44.9 Å². The Bertz CT molecular complexity index is 1020. The second kappa shape index (κ2) is 43.6. The highest BCUT2D eigenvalue weighted by Crippen LogP contribution is 2.23. The number of carbonyl (C=O) groups excluding carboxylic acids is 1. The van der Waals surface area contributed by atoms with E-state index in [9.17, 15) is 30.3 Å². The maximum absolute atomic E-state index is 13.0. The lowest BCUT2D eigenvalue weighted by molar-refractivity contribution is -0.302. The molecule has 6 N–H and O–H groups in total. The van der Waals surface area contributed by atoms with E-state index in [4.69, 9.17) is 9.47 Å². The van der Waals surface area contributed by atoms with Gasteiger partial charge in [-0.25, -0.2) is 0 Å². The van der Waals surface area contributed by atoms with Crippen LogP contribution < -0.4 is 5.32 Å². The molecule has 1 heterocycles. The minimum Gasteiger partial charge on any atom is -0.394 e. The van der Waals surface area contributed by atoms with Crippen molar-refractivity contribution in [3.63, 3.8) is 0 Å². The fourth-order valence-electron chi connectivity index (χ4n) is 8.51. The van der Waals surface area contributed by atoms with E-state index >= 15 is 0 Å². The predicted octanol–water partition coefficient (Wildman–Crippen LogP) is 12.2. The van der Waals surface area contributed by atoms with Gasteiger partial charge < -0.3 is 40.3 Å². The molecule has 7 atom stereocenters. The zero-order valence-corrected chi connectivity index (χ0v) is 40.4. The molecule has 9 heteroatoms. The number of nitrogens with one attached hydrogen (secondary N) is 1. The van der Waals surface area contributed by atoms with Crippen molar-refractivity contribution in [1.29, 1.82) is 0 Å². The Morgan fingerprint density at radius 1 is 0.532 bits per heavy atom. The number of hydrogen-bond acceptors (Lipinski definition) is 8. The van der Waals surface area contributed by atoms with Gasteiger partial charge in [0.2, 0.25) is 5.91 Å². The van der Waals surface area contributed by atoms with Crippen molar-refractivity contribution in [2.24, 2.45) is 0 Å². The number of allylic oxidation sites excluding steroid dienone is 3. The smallest absolute Gasteiger partial charge is 0.220 e. The first-order valence-electron chi connectivity index (χ1n) is 26.6. The average molecular weight is 880 g/mol. The molecular formula is C53H101NO8. The lowest BCUT2D eigenvalue weighted by Gasteiger charge is -2.40. The number of aliphatic hydroxyl groups is 5. The second-order valence-electron chi connectivity index (χ2n) is 18.7. The van der Waals surface area contributed by atoms with Crippen molar-refractivity contribution in [1.82, 2.24) is 5.32 Å². The van der Waals surface area contributed by atoms with E-state index in [2.05, 4.69) is 31.3 Å². The Kier molecular flexibility index (Phi) is 41.2. The number of hydrogen-bond donors (Lipinski definition) is 6. The quantitative estimate of drug-likeness (QED) is 0.0262. The first kappa shape index (κ1) is 58.7. The standard InChI is InChI=1S/C53H101NO8/c1-3-5-7-9-11-13-15-17-19-21-23-25-26-28-30-32-34-36-38-40-42-47(56)46(45-61-53-52(60)51(59)50(58)48(44-55)62-53)54-49(57)43-41-39-37-35-33-31-29-27-24-22-20-18-16-14-12-10-8-6-4-2/h22,24,40,42,46-48,50-53,55-56,58-60H,3-21,23,25-39,41,43-45H2,1-2H3,(H,54,57)/b24-22-,42-40+. The van der Waals surface area contributed by atoms with Gasteiger partial charge in [-0.2, -0.15) is 0 Å². The lowest BCUT2D eigenvalue weighted by atomic mass is 9.99. The molecule has 0 radical (unpaired) electrons. The number of unbranched alkanes of at least 4 members (excludes halogenated alkanes) is 33. The molecule has 7 unspecified atom stereocenters. The van der Waals surface area contributed by atoms with E-state index in [1.54, 1.807) is 6.08 Å². The summed E-state index contributed by atoms with van der Waals surface area (Å²) in [5.41, 5.74) is 0. The predicted molar refractivity (Wildman–Crippen MR) is 258 cm³/mol. The SMILES string of the molecule is CCCCCCCCCC/C=C\CCCCCCCCCC(=O)NC(COC1OC(CO)C(O)C(O)C1O)C(O)/C=C/CCCCCCCCCCCCCCCCCCCC. The van der Waals surface area contributed by atoms with E-state index in [1.807, 2.05) is 6.08 Å². The minimum atomic E-state index is -1.57. The van der Waals surface area contributed by atoms with Crippen molar-refractivity contribution in [2.75, 3.05) is 13.2 Å². The number of carbonyl (C=O) groups is 1. The van der Waals surface area contributed by atoms with Crippen LogP contribution in [0.2, 0.25) is 0 Å². The van der Waals surface area contributed by atoms with Gasteiger partial charge in [0, 0.05) is 6.42 Å². The molecule has 1 rings (SSSR count). The third kappa shape index (κ3) is 33.2. The number of ether oxygens (including phenoxy) is 2. The molecular weight excluding hydrogens is 779 g/mol. The number of aliphatic hydroxyl groups excluding tert-OH is 5. The molecule has 0 aromatic rings. The molecule has 0 saturated carbocycles. The van der Waals surface area contributed by atoms with Crippen LogP contribution in [0.5, 0.6) is 0 Å². The van der Waals surface area contributed by atoms with Gasteiger partial charge in [0.1, 0.15) is 24.4 Å². The van der Waals surface area contributed by atoms with Crippen LogP contribution in [-0.4, -0.2) is 87.5 Å². The number of rotatable bonds is 45. The molecule has 1 fully saturated rings. The highest BCUT2D eigenvalue weighted by molar-refractivity contribution is 5.76. The molecule has 1 aliphatic heterocycles. The first-order chi connectivity index (χ1) is 30.3. The van der Waals surface area contributed by atoms with Gasteiger partial charge in [0.25, 0.3) is 0 Å². The van der Waals surface area contributed by atoms with E-state index in [1.165, 1.54) is 193 Å². The van der Waals surface area contributed by atoms with E-state index in [0.717, 1.165) is 38.5 Å². The summed E-state index contributed by atoms with van der Waals surface area (Å²) in [6, 6.07) is -0.805. The molecule has 0 aromatic carbocycles. The highest BCUT2D eigenvalue weighted by atomic mass is 16.7. The maximum atomic E-state index is 13.0. The van der Waals surface area contributed by atoms with Crippen LogP contribution >= 0.6 is 0 Å². The van der Waals surface area contributed by atoms with Crippen molar-refractivity contribution in [3.05, 3.63) is 24.3 Å². The monoisotopic (exact) mass is 880 g/mol. The first-order valence-corrected chi connectivity index (χ1v) is 26.6. The van der Waals surface area contributed by atoms with Crippen LogP contribution in [0.1, 0.15) is 251 Å². The summed E-state index contributed by atoms with van der Waals surface area (Å²) >= 11 is 0. The second-order valence-corrected chi connectivity index (χ2v) is 18.7. The fourth-order valence-corrected chi connectivity index (χ4v) is 8.51. The van der Waals surface area contributed by atoms with Gasteiger partial charge in [-0.15, -0.1) is 0 Å². The summed E-state index contributed by atoms with van der Waals surface area (Å²) in [7, 11) is 0. The van der Waals surface area contributed by atoms with Crippen molar-refractivity contribution >= 4 is 5.91 Å². The Labute approximate surface area is 381 Å². The molecule has 366 valence electrons. The third-order valence-electron chi connectivity index (χ3n) is 12.8. The molecule has 0 spiro atoms. The molecule has 0 bridgehead atoms. The van der Waals surface area contributed by atoms with Gasteiger partial charge in [-0.3, -0.25) is 4.79 Å². The van der Waals surface area contributed by atoms with E-state index in [-0.39, 0.29) is 12.5 Å². The lowest BCUT2D eigenvalue weighted by Crippen LogP contribution is -2.60. The summed E-state index contributed by atoms with van der Waals surface area (Å²) in [6.07, 6.45) is 46.5. The molecule has 9 nitrogen and oxygen atoms in total. The molecule has 1 amide bonds. The van der Waals surface area contributed by atoms with E-state index < -0.39 is 49.5 Å². The highest BCUT2D eigenvalue weighted by Gasteiger charge is 2.44. The van der Waals surface area contributed by atoms with Crippen LogP contribution in [0.4, 0.5) is 0 Å². The van der Waals surface area contributed by atoms with Crippen LogP contribution in [0.3, 0.4) is 0 Å². The Hall–Kier alpha value is -1.33. The average Bonchev–Trinajstić information content (AvgIpc) is 3.27. The largest absolute Gasteiger partial charge is 0.394 e.